The third kappa shape index (κ3) is 4.32. The van der Waals surface area contributed by atoms with E-state index < -0.39 is 10.0 Å². The fourth-order valence-electron chi connectivity index (χ4n) is 2.35. The number of piperidine rings is 1. The van der Waals surface area contributed by atoms with Gasteiger partial charge in [-0.25, -0.2) is 13.1 Å². The highest BCUT2D eigenvalue weighted by Crippen LogP contribution is 2.19. The lowest BCUT2D eigenvalue weighted by atomic mass is 9.98. The standard InChI is InChI=1S/C12H18BrN3O3S/c1-20(18,19)15-6-9-3-2-4-16(8-9)12(17)11-5-10(13)7-14-11/h5,7,9,14-15H,2-4,6,8H2,1H3. The summed E-state index contributed by atoms with van der Waals surface area (Å²) in [6.07, 6.45) is 4.69. The Kier molecular flexibility index (Phi) is 4.87. The molecule has 8 heteroatoms. The van der Waals surface area contributed by atoms with E-state index in [2.05, 4.69) is 25.6 Å². The van der Waals surface area contributed by atoms with E-state index in [1.807, 2.05) is 0 Å². The molecule has 1 amide bonds. The summed E-state index contributed by atoms with van der Waals surface area (Å²) in [6.45, 7) is 1.68. The maximum absolute atomic E-state index is 12.3. The molecular formula is C12H18BrN3O3S. The van der Waals surface area contributed by atoms with Gasteiger partial charge in [-0.15, -0.1) is 0 Å². The number of carbonyl (C=O) groups is 1. The average molecular weight is 364 g/mol. The molecule has 0 aromatic carbocycles. The van der Waals surface area contributed by atoms with Crippen LogP contribution in [0.2, 0.25) is 0 Å². The van der Waals surface area contributed by atoms with Gasteiger partial charge in [0.1, 0.15) is 5.69 Å². The monoisotopic (exact) mass is 363 g/mol. The Morgan fingerprint density at radius 1 is 1.60 bits per heavy atom. The first-order chi connectivity index (χ1) is 9.35. The van der Waals surface area contributed by atoms with Gasteiger partial charge in [-0.3, -0.25) is 4.79 Å². The number of likely N-dealkylation sites (tertiary alicyclic amines) is 1. The topological polar surface area (TPSA) is 82.3 Å². The summed E-state index contributed by atoms with van der Waals surface area (Å²) in [6, 6.07) is 1.75. The number of hydrogen-bond donors (Lipinski definition) is 2. The largest absolute Gasteiger partial charge is 0.356 e. The molecule has 1 aromatic rings. The van der Waals surface area contributed by atoms with Crippen molar-refractivity contribution < 1.29 is 13.2 Å². The molecule has 6 nitrogen and oxygen atoms in total. The summed E-state index contributed by atoms with van der Waals surface area (Å²) in [7, 11) is -3.18. The second-order valence-electron chi connectivity index (χ2n) is 5.11. The fourth-order valence-corrected chi connectivity index (χ4v) is 3.23. The summed E-state index contributed by atoms with van der Waals surface area (Å²) in [4.78, 5) is 17.0. The molecule has 1 unspecified atom stereocenters. The number of hydrogen-bond acceptors (Lipinski definition) is 3. The van der Waals surface area contributed by atoms with Crippen molar-refractivity contribution in [3.63, 3.8) is 0 Å². The summed E-state index contributed by atoms with van der Waals surface area (Å²) in [5.41, 5.74) is 0.550. The molecule has 20 heavy (non-hydrogen) atoms. The van der Waals surface area contributed by atoms with Gasteiger partial charge in [-0.1, -0.05) is 0 Å². The Morgan fingerprint density at radius 2 is 2.35 bits per heavy atom. The molecule has 0 saturated carbocycles. The first-order valence-corrected chi connectivity index (χ1v) is 9.11. The van der Waals surface area contributed by atoms with E-state index in [9.17, 15) is 13.2 Å². The molecule has 1 saturated heterocycles. The van der Waals surface area contributed by atoms with Gasteiger partial charge in [0.2, 0.25) is 10.0 Å². The van der Waals surface area contributed by atoms with Gasteiger partial charge in [-0.2, -0.15) is 0 Å². The number of aromatic amines is 1. The van der Waals surface area contributed by atoms with E-state index in [-0.39, 0.29) is 11.8 Å². The number of rotatable bonds is 4. The number of H-pyrrole nitrogens is 1. The quantitative estimate of drug-likeness (QED) is 0.842. The van der Waals surface area contributed by atoms with Crippen molar-refractivity contribution in [2.75, 3.05) is 25.9 Å². The lowest BCUT2D eigenvalue weighted by molar-refractivity contribution is 0.0671. The predicted octanol–water partition coefficient (Wildman–Crippen LogP) is 1.18. The van der Waals surface area contributed by atoms with Crippen molar-refractivity contribution in [3.05, 3.63) is 22.4 Å². The number of carbonyl (C=O) groups excluding carboxylic acids is 1. The van der Waals surface area contributed by atoms with Crippen LogP contribution in [-0.4, -0.2) is 50.1 Å². The van der Waals surface area contributed by atoms with Gasteiger partial charge < -0.3 is 9.88 Å². The third-order valence-electron chi connectivity index (χ3n) is 3.32. The Labute approximate surface area is 127 Å². The Morgan fingerprint density at radius 3 is 2.95 bits per heavy atom. The molecule has 1 aromatic heterocycles. The average Bonchev–Trinajstić information content (AvgIpc) is 2.82. The molecule has 0 spiro atoms. The van der Waals surface area contributed by atoms with E-state index in [0.717, 1.165) is 23.6 Å². The normalized spacial score (nSPS) is 20.1. The number of sulfonamides is 1. The second-order valence-corrected chi connectivity index (χ2v) is 7.86. The summed E-state index contributed by atoms with van der Waals surface area (Å²) >= 11 is 3.30. The molecule has 2 rings (SSSR count). The number of aromatic nitrogens is 1. The highest BCUT2D eigenvalue weighted by molar-refractivity contribution is 9.10. The number of nitrogens with zero attached hydrogens (tertiary/aromatic N) is 1. The van der Waals surface area contributed by atoms with Crippen molar-refractivity contribution in [2.24, 2.45) is 5.92 Å². The van der Waals surface area contributed by atoms with E-state index in [1.165, 1.54) is 0 Å². The third-order valence-corrected chi connectivity index (χ3v) is 4.47. The van der Waals surface area contributed by atoms with Crippen molar-refractivity contribution in [1.29, 1.82) is 0 Å². The van der Waals surface area contributed by atoms with Gasteiger partial charge in [0, 0.05) is 30.3 Å². The van der Waals surface area contributed by atoms with E-state index in [0.29, 0.717) is 25.3 Å². The maximum Gasteiger partial charge on any atom is 0.270 e. The SMILES string of the molecule is CS(=O)(=O)NCC1CCCN(C(=O)c2cc(Br)c[nH]2)C1. The van der Waals surface area contributed by atoms with Crippen LogP contribution >= 0.6 is 15.9 Å². The van der Waals surface area contributed by atoms with E-state index in [1.54, 1.807) is 17.2 Å². The highest BCUT2D eigenvalue weighted by Gasteiger charge is 2.25. The minimum Gasteiger partial charge on any atom is -0.356 e. The summed E-state index contributed by atoms with van der Waals surface area (Å²) < 4.78 is 25.6. The second kappa shape index (κ2) is 6.28. The van der Waals surface area contributed by atoms with Crippen LogP contribution in [0.5, 0.6) is 0 Å². The summed E-state index contributed by atoms with van der Waals surface area (Å²) in [5, 5.41) is 0. The lowest BCUT2D eigenvalue weighted by Crippen LogP contribution is -2.43. The molecule has 0 radical (unpaired) electrons. The van der Waals surface area contributed by atoms with Gasteiger partial charge >= 0.3 is 0 Å². The lowest BCUT2D eigenvalue weighted by Gasteiger charge is -2.32. The zero-order valence-corrected chi connectivity index (χ0v) is 13.6. The Balaban J connectivity index is 1.94. The molecule has 1 atom stereocenters. The molecule has 112 valence electrons. The highest BCUT2D eigenvalue weighted by atomic mass is 79.9. The van der Waals surface area contributed by atoms with Gasteiger partial charge in [0.15, 0.2) is 0 Å². The zero-order chi connectivity index (χ0) is 14.8. The fraction of sp³-hybridized carbons (Fsp3) is 0.583. The molecule has 0 bridgehead atoms. The molecule has 1 aliphatic heterocycles. The molecule has 0 aliphatic carbocycles. The van der Waals surface area contributed by atoms with Crippen LogP contribution in [-0.2, 0) is 10.0 Å². The predicted molar refractivity (Wildman–Crippen MR) is 80.0 cm³/mol. The Bertz CT molecular complexity index is 585. The van der Waals surface area contributed by atoms with Gasteiger partial charge in [0.25, 0.3) is 5.91 Å². The van der Waals surface area contributed by atoms with Gasteiger partial charge in [-0.05, 0) is 40.8 Å². The van der Waals surface area contributed by atoms with Crippen LogP contribution in [0, 0.1) is 5.92 Å². The Hall–Kier alpha value is -0.860. The number of nitrogens with one attached hydrogen (secondary N) is 2. The molecular weight excluding hydrogens is 346 g/mol. The van der Waals surface area contributed by atoms with Crippen LogP contribution in [0.25, 0.3) is 0 Å². The van der Waals surface area contributed by atoms with Crippen molar-refractivity contribution in [3.8, 4) is 0 Å². The van der Waals surface area contributed by atoms with Crippen LogP contribution in [0.3, 0.4) is 0 Å². The molecule has 1 fully saturated rings. The van der Waals surface area contributed by atoms with Crippen molar-refractivity contribution >= 4 is 31.9 Å². The van der Waals surface area contributed by atoms with Crippen molar-refractivity contribution in [2.45, 2.75) is 12.8 Å². The maximum atomic E-state index is 12.3. The minimum absolute atomic E-state index is 0.0419. The number of amides is 1. The first-order valence-electron chi connectivity index (χ1n) is 6.43. The minimum atomic E-state index is -3.18. The van der Waals surface area contributed by atoms with E-state index >= 15 is 0 Å². The number of halogens is 1. The smallest absolute Gasteiger partial charge is 0.270 e. The van der Waals surface area contributed by atoms with Crippen molar-refractivity contribution in [1.82, 2.24) is 14.6 Å². The molecule has 2 N–H and O–H groups in total. The van der Waals surface area contributed by atoms with Crippen LogP contribution in [0.1, 0.15) is 23.3 Å². The van der Waals surface area contributed by atoms with Gasteiger partial charge in [0.05, 0.1) is 6.26 Å². The van der Waals surface area contributed by atoms with Crippen LogP contribution < -0.4 is 4.72 Å². The molecule has 2 heterocycles. The van der Waals surface area contributed by atoms with E-state index in [4.69, 9.17) is 0 Å². The first kappa shape index (κ1) is 15.5. The zero-order valence-electron chi connectivity index (χ0n) is 11.2. The summed E-state index contributed by atoms with van der Waals surface area (Å²) in [5.74, 6) is 0.126. The molecule has 1 aliphatic rings. The van der Waals surface area contributed by atoms with Crippen LogP contribution in [0.4, 0.5) is 0 Å². The van der Waals surface area contributed by atoms with Crippen LogP contribution in [0.15, 0.2) is 16.7 Å².